The van der Waals surface area contributed by atoms with Gasteiger partial charge in [-0.3, -0.25) is 0 Å². The average Bonchev–Trinajstić information content (AvgIpc) is 1.62. The maximum atomic E-state index is 5.64. The van der Waals surface area contributed by atoms with E-state index >= 15 is 0 Å². The second-order valence-electron chi connectivity index (χ2n) is 2.57. The van der Waals surface area contributed by atoms with Gasteiger partial charge in [-0.05, 0) is 32.5 Å². The predicted octanol–water partition coefficient (Wildman–Crippen LogP) is 0.586. The number of hydrogen-bond acceptors (Lipinski definition) is 2. The van der Waals surface area contributed by atoms with Gasteiger partial charge in [-0.2, -0.15) is 0 Å². The zero-order chi connectivity index (χ0) is 6.78. The molecule has 0 heterocycles. The minimum atomic E-state index is -0.255. The molecule has 0 radical (unpaired) electrons. The maximum absolute atomic E-state index is 5.64. The summed E-state index contributed by atoms with van der Waals surface area (Å²) in [5.74, 6) is 0. The highest BCUT2D eigenvalue weighted by Gasteiger charge is 2.10. The molecule has 2 nitrogen and oxygen atoms in total. The molecule has 0 saturated carbocycles. The Balaban J connectivity index is 4.03. The number of hydrogen-bond donors (Lipinski definition) is 2. The second-order valence-corrected chi connectivity index (χ2v) is 2.57. The van der Waals surface area contributed by atoms with Crippen molar-refractivity contribution in [2.24, 2.45) is 11.5 Å². The lowest BCUT2D eigenvalue weighted by Gasteiger charge is -2.18. The van der Waals surface area contributed by atoms with E-state index in [1.807, 2.05) is 20.8 Å². The molecule has 0 fully saturated rings. The second kappa shape index (κ2) is 2.18. The average molecular weight is 114 g/mol. The first kappa shape index (κ1) is 7.50. The lowest BCUT2D eigenvalue weighted by atomic mass is 9.98. The highest BCUT2D eigenvalue weighted by atomic mass is 14.7. The van der Waals surface area contributed by atoms with E-state index in [1.165, 1.54) is 0 Å². The zero-order valence-electron chi connectivity index (χ0n) is 5.73. The minimum Gasteiger partial charge on any atom is -0.405 e. The molecular weight excluding hydrogens is 100 g/mol. The van der Waals surface area contributed by atoms with E-state index < -0.39 is 0 Å². The molecule has 2 heteroatoms. The smallest absolute Gasteiger partial charge is 0.0325 e. The van der Waals surface area contributed by atoms with Crippen LogP contribution in [0.5, 0.6) is 0 Å². The summed E-state index contributed by atoms with van der Waals surface area (Å²) in [6.07, 6.45) is 1.54. The van der Waals surface area contributed by atoms with Gasteiger partial charge in [0.1, 0.15) is 0 Å². The molecule has 4 N–H and O–H groups in total. The first-order chi connectivity index (χ1) is 3.48. The van der Waals surface area contributed by atoms with Crippen LogP contribution >= 0.6 is 0 Å². The van der Waals surface area contributed by atoms with E-state index in [-0.39, 0.29) is 5.54 Å². The van der Waals surface area contributed by atoms with E-state index in [2.05, 4.69) is 0 Å². The van der Waals surface area contributed by atoms with Crippen molar-refractivity contribution in [3.8, 4) is 0 Å². The predicted molar refractivity (Wildman–Crippen MR) is 36.2 cm³/mol. The molecule has 0 rings (SSSR count). The molecule has 0 aromatic heterocycles. The van der Waals surface area contributed by atoms with Crippen molar-refractivity contribution in [1.82, 2.24) is 0 Å². The van der Waals surface area contributed by atoms with E-state index in [1.54, 1.807) is 6.20 Å². The Hall–Kier alpha value is -0.500. The molecule has 0 aliphatic rings. The zero-order valence-corrected chi connectivity index (χ0v) is 5.73. The lowest BCUT2D eigenvalue weighted by Crippen LogP contribution is -2.33. The first-order valence-corrected chi connectivity index (χ1v) is 2.66. The standard InChI is InChI=1S/C6H14N2/c1-5(4-7)6(2,3)8/h4H,7-8H2,1-3H3/b5-4-. The van der Waals surface area contributed by atoms with Gasteiger partial charge in [0.25, 0.3) is 0 Å². The summed E-state index contributed by atoms with van der Waals surface area (Å²) in [5, 5.41) is 0. The Bertz CT molecular complexity index is 97.6. The van der Waals surface area contributed by atoms with E-state index in [4.69, 9.17) is 11.5 Å². The van der Waals surface area contributed by atoms with Crippen LogP contribution in [0.1, 0.15) is 20.8 Å². The molecular formula is C6H14N2. The van der Waals surface area contributed by atoms with Crippen LogP contribution in [0.25, 0.3) is 0 Å². The summed E-state index contributed by atoms with van der Waals surface area (Å²) in [6.45, 7) is 5.76. The molecule has 0 aliphatic carbocycles. The molecule has 0 saturated heterocycles. The van der Waals surface area contributed by atoms with Crippen LogP contribution in [0.3, 0.4) is 0 Å². The van der Waals surface area contributed by atoms with Crippen molar-refractivity contribution in [1.29, 1.82) is 0 Å². The molecule has 0 aliphatic heterocycles. The molecule has 8 heavy (non-hydrogen) atoms. The van der Waals surface area contributed by atoms with Gasteiger partial charge in [-0.25, -0.2) is 0 Å². The third kappa shape index (κ3) is 1.98. The van der Waals surface area contributed by atoms with Gasteiger partial charge in [-0.1, -0.05) is 0 Å². The van der Waals surface area contributed by atoms with Crippen molar-refractivity contribution in [2.45, 2.75) is 26.3 Å². The third-order valence-corrected chi connectivity index (χ3v) is 1.27. The fraction of sp³-hybridized carbons (Fsp3) is 0.667. The number of nitrogens with two attached hydrogens (primary N) is 2. The monoisotopic (exact) mass is 114 g/mol. The fourth-order valence-corrected chi connectivity index (χ4v) is 0.215. The summed E-state index contributed by atoms with van der Waals surface area (Å²) >= 11 is 0. The quantitative estimate of drug-likeness (QED) is 0.524. The Labute approximate surface area is 50.6 Å². The lowest BCUT2D eigenvalue weighted by molar-refractivity contribution is 0.609. The van der Waals surface area contributed by atoms with Crippen molar-refractivity contribution < 1.29 is 0 Å². The van der Waals surface area contributed by atoms with Crippen LogP contribution in [0.15, 0.2) is 11.8 Å². The van der Waals surface area contributed by atoms with Crippen LogP contribution in [-0.2, 0) is 0 Å². The van der Waals surface area contributed by atoms with Crippen LogP contribution < -0.4 is 11.5 Å². The molecule has 0 spiro atoms. The summed E-state index contributed by atoms with van der Waals surface area (Å²) in [5.41, 5.74) is 11.6. The summed E-state index contributed by atoms with van der Waals surface area (Å²) < 4.78 is 0. The Morgan fingerprint density at radius 3 is 1.88 bits per heavy atom. The summed E-state index contributed by atoms with van der Waals surface area (Å²) in [6, 6.07) is 0. The third-order valence-electron chi connectivity index (χ3n) is 1.27. The summed E-state index contributed by atoms with van der Waals surface area (Å²) in [7, 11) is 0. The summed E-state index contributed by atoms with van der Waals surface area (Å²) in [4.78, 5) is 0. The van der Waals surface area contributed by atoms with Crippen molar-refractivity contribution in [3.63, 3.8) is 0 Å². The number of rotatable bonds is 1. The van der Waals surface area contributed by atoms with Crippen LogP contribution in [0.2, 0.25) is 0 Å². The molecule has 0 unspecified atom stereocenters. The van der Waals surface area contributed by atoms with Crippen LogP contribution in [0.4, 0.5) is 0 Å². The Morgan fingerprint density at radius 1 is 1.50 bits per heavy atom. The maximum Gasteiger partial charge on any atom is 0.0325 e. The molecule has 0 aromatic carbocycles. The first-order valence-electron chi connectivity index (χ1n) is 2.66. The largest absolute Gasteiger partial charge is 0.405 e. The van der Waals surface area contributed by atoms with E-state index in [0.29, 0.717) is 0 Å². The van der Waals surface area contributed by atoms with Gasteiger partial charge >= 0.3 is 0 Å². The van der Waals surface area contributed by atoms with E-state index in [9.17, 15) is 0 Å². The molecule has 48 valence electrons. The highest BCUT2D eigenvalue weighted by Crippen LogP contribution is 2.08. The fourth-order valence-electron chi connectivity index (χ4n) is 0.215. The molecule has 0 atom stereocenters. The van der Waals surface area contributed by atoms with Crippen molar-refractivity contribution in [3.05, 3.63) is 11.8 Å². The van der Waals surface area contributed by atoms with E-state index in [0.717, 1.165) is 5.57 Å². The van der Waals surface area contributed by atoms with Crippen LogP contribution in [0, 0.1) is 0 Å². The van der Waals surface area contributed by atoms with Crippen LogP contribution in [-0.4, -0.2) is 5.54 Å². The molecule has 0 bridgehead atoms. The SMILES string of the molecule is C/C(=C/N)C(C)(C)N. The van der Waals surface area contributed by atoms with Gasteiger partial charge in [0.2, 0.25) is 0 Å². The Morgan fingerprint density at radius 2 is 1.88 bits per heavy atom. The molecule has 0 aromatic rings. The van der Waals surface area contributed by atoms with Gasteiger partial charge in [-0.15, -0.1) is 0 Å². The highest BCUT2D eigenvalue weighted by molar-refractivity contribution is 5.11. The van der Waals surface area contributed by atoms with Crippen molar-refractivity contribution in [2.75, 3.05) is 0 Å². The van der Waals surface area contributed by atoms with Crippen molar-refractivity contribution >= 4 is 0 Å². The topological polar surface area (TPSA) is 52.0 Å². The van der Waals surface area contributed by atoms with Gasteiger partial charge in [0.05, 0.1) is 0 Å². The van der Waals surface area contributed by atoms with Gasteiger partial charge in [0, 0.05) is 5.54 Å². The minimum absolute atomic E-state index is 0.255. The Kier molecular flexibility index (Phi) is 2.04. The van der Waals surface area contributed by atoms with Gasteiger partial charge in [0.15, 0.2) is 0 Å². The molecule has 0 amide bonds. The van der Waals surface area contributed by atoms with Gasteiger partial charge < -0.3 is 11.5 Å². The normalized spacial score (nSPS) is 14.2.